The minimum absolute atomic E-state index is 0.547. The van der Waals surface area contributed by atoms with Gasteiger partial charge in [-0.05, 0) is 44.6 Å². The number of carboxylic acid groups (broad SMARTS) is 1. The summed E-state index contributed by atoms with van der Waals surface area (Å²) in [5.41, 5.74) is -0.547. The third-order valence-electron chi connectivity index (χ3n) is 4.37. The van der Waals surface area contributed by atoms with Gasteiger partial charge in [-0.25, -0.2) is 0 Å². The molecule has 0 spiro atoms. The van der Waals surface area contributed by atoms with Crippen molar-refractivity contribution in [1.29, 1.82) is 0 Å². The number of nitrogens with zero attached hydrogens (tertiary/aromatic N) is 1. The highest BCUT2D eigenvalue weighted by molar-refractivity contribution is 5.79. The molecule has 0 bridgehead atoms. The van der Waals surface area contributed by atoms with Crippen LogP contribution in [-0.2, 0) is 4.79 Å². The minimum Gasteiger partial charge on any atom is -0.480 e. The van der Waals surface area contributed by atoms with Crippen LogP contribution in [0.4, 0.5) is 0 Å². The van der Waals surface area contributed by atoms with Crippen LogP contribution in [0.2, 0.25) is 0 Å². The molecule has 2 rings (SSSR count). The van der Waals surface area contributed by atoms with Crippen LogP contribution in [0, 0.1) is 5.92 Å². The molecule has 0 radical (unpaired) electrons. The number of carboxylic acids is 1. The third kappa shape index (κ3) is 2.49. The van der Waals surface area contributed by atoms with Gasteiger partial charge in [-0.1, -0.05) is 26.7 Å². The van der Waals surface area contributed by atoms with Gasteiger partial charge in [0.25, 0.3) is 0 Å². The number of rotatable bonds is 5. The average molecular weight is 239 g/mol. The summed E-state index contributed by atoms with van der Waals surface area (Å²) in [6.45, 7) is 5.30. The van der Waals surface area contributed by atoms with Gasteiger partial charge in [0.05, 0.1) is 0 Å². The molecule has 1 N–H and O–H groups in total. The molecule has 0 aromatic heterocycles. The third-order valence-corrected chi connectivity index (χ3v) is 4.37. The molecule has 2 fully saturated rings. The number of hydrogen-bond acceptors (Lipinski definition) is 2. The predicted octanol–water partition coefficient (Wildman–Crippen LogP) is 2.89. The van der Waals surface area contributed by atoms with Gasteiger partial charge in [0.15, 0.2) is 0 Å². The summed E-state index contributed by atoms with van der Waals surface area (Å²) >= 11 is 0. The molecule has 0 saturated heterocycles. The van der Waals surface area contributed by atoms with Gasteiger partial charge in [-0.3, -0.25) is 9.69 Å². The maximum Gasteiger partial charge on any atom is 0.324 e. The minimum atomic E-state index is -0.579. The van der Waals surface area contributed by atoms with E-state index < -0.39 is 11.5 Å². The quantitative estimate of drug-likeness (QED) is 0.802. The fraction of sp³-hybridized carbons (Fsp3) is 0.929. The van der Waals surface area contributed by atoms with Crippen LogP contribution in [0.25, 0.3) is 0 Å². The molecule has 2 atom stereocenters. The summed E-state index contributed by atoms with van der Waals surface area (Å²) in [6, 6.07) is 0.552. The number of hydrogen-bond donors (Lipinski definition) is 1. The second-order valence-electron chi connectivity index (χ2n) is 5.96. The molecular formula is C14H25NO2. The van der Waals surface area contributed by atoms with Gasteiger partial charge < -0.3 is 5.11 Å². The smallest absolute Gasteiger partial charge is 0.324 e. The first kappa shape index (κ1) is 12.9. The average Bonchev–Trinajstić information content (AvgIpc) is 3.09. The van der Waals surface area contributed by atoms with Gasteiger partial charge in [-0.15, -0.1) is 0 Å². The van der Waals surface area contributed by atoms with Crippen LogP contribution < -0.4 is 0 Å². The van der Waals surface area contributed by atoms with Crippen molar-refractivity contribution in [2.24, 2.45) is 5.92 Å². The van der Waals surface area contributed by atoms with Crippen molar-refractivity contribution < 1.29 is 9.90 Å². The van der Waals surface area contributed by atoms with Crippen molar-refractivity contribution in [2.75, 3.05) is 6.54 Å². The number of aliphatic carboxylic acids is 1. The number of carbonyl (C=O) groups is 1. The topological polar surface area (TPSA) is 40.5 Å². The summed E-state index contributed by atoms with van der Waals surface area (Å²) in [4.78, 5) is 14.2. The van der Waals surface area contributed by atoms with Crippen molar-refractivity contribution in [1.82, 2.24) is 4.90 Å². The van der Waals surface area contributed by atoms with Gasteiger partial charge in [0.2, 0.25) is 0 Å². The van der Waals surface area contributed by atoms with E-state index in [-0.39, 0.29) is 0 Å². The van der Waals surface area contributed by atoms with Crippen LogP contribution >= 0.6 is 0 Å². The Hall–Kier alpha value is -0.570. The second-order valence-corrected chi connectivity index (χ2v) is 5.96. The van der Waals surface area contributed by atoms with E-state index in [2.05, 4.69) is 18.7 Å². The Bertz CT molecular complexity index is 288. The molecule has 2 aliphatic carbocycles. The molecule has 2 unspecified atom stereocenters. The highest BCUT2D eigenvalue weighted by atomic mass is 16.4. The highest BCUT2D eigenvalue weighted by Crippen LogP contribution is 2.42. The molecule has 0 amide bonds. The zero-order chi connectivity index (χ0) is 12.5. The molecule has 0 aliphatic heterocycles. The maximum absolute atomic E-state index is 11.8. The van der Waals surface area contributed by atoms with E-state index in [1.54, 1.807) is 0 Å². The molecule has 98 valence electrons. The Morgan fingerprint density at radius 3 is 2.59 bits per heavy atom. The first-order chi connectivity index (χ1) is 8.10. The Kier molecular flexibility index (Phi) is 3.76. The SMILES string of the molecule is CCCN(C1CC1)C1(C(=O)O)CCCC(C)C1. The lowest BCUT2D eigenvalue weighted by molar-refractivity contribution is -0.156. The van der Waals surface area contributed by atoms with E-state index >= 15 is 0 Å². The molecule has 3 heteroatoms. The van der Waals surface area contributed by atoms with Gasteiger partial charge in [0, 0.05) is 6.04 Å². The Morgan fingerprint density at radius 2 is 2.12 bits per heavy atom. The molecule has 17 heavy (non-hydrogen) atoms. The zero-order valence-corrected chi connectivity index (χ0v) is 11.1. The fourth-order valence-electron chi connectivity index (χ4n) is 3.47. The summed E-state index contributed by atoms with van der Waals surface area (Å²) < 4.78 is 0. The van der Waals surface area contributed by atoms with Crippen LogP contribution in [0.15, 0.2) is 0 Å². The Labute approximate surface area is 104 Å². The molecule has 3 nitrogen and oxygen atoms in total. The van der Waals surface area contributed by atoms with E-state index in [4.69, 9.17) is 0 Å². The monoisotopic (exact) mass is 239 g/mol. The standard InChI is InChI=1S/C14H25NO2/c1-3-9-15(12-6-7-12)14(13(16)17)8-4-5-11(2)10-14/h11-12H,3-10H2,1-2H3,(H,16,17). The summed E-state index contributed by atoms with van der Waals surface area (Å²) in [6.07, 6.45) is 7.41. The van der Waals surface area contributed by atoms with Crippen molar-refractivity contribution in [3.8, 4) is 0 Å². The van der Waals surface area contributed by atoms with E-state index in [0.29, 0.717) is 12.0 Å². The summed E-state index contributed by atoms with van der Waals surface area (Å²) in [5.74, 6) is -0.0256. The van der Waals surface area contributed by atoms with Gasteiger partial charge in [-0.2, -0.15) is 0 Å². The van der Waals surface area contributed by atoms with Gasteiger partial charge >= 0.3 is 5.97 Å². The van der Waals surface area contributed by atoms with Crippen molar-refractivity contribution >= 4 is 5.97 Å². The van der Waals surface area contributed by atoms with Crippen LogP contribution in [0.1, 0.15) is 58.8 Å². The Morgan fingerprint density at radius 1 is 1.41 bits per heavy atom. The predicted molar refractivity (Wildman–Crippen MR) is 68.0 cm³/mol. The van der Waals surface area contributed by atoms with Crippen LogP contribution in [-0.4, -0.2) is 34.1 Å². The maximum atomic E-state index is 11.8. The molecule has 0 aromatic rings. The fourth-order valence-corrected chi connectivity index (χ4v) is 3.47. The first-order valence-corrected chi connectivity index (χ1v) is 7.10. The normalized spacial score (nSPS) is 33.9. The van der Waals surface area contributed by atoms with Crippen LogP contribution in [0.5, 0.6) is 0 Å². The van der Waals surface area contributed by atoms with Crippen molar-refractivity contribution in [3.63, 3.8) is 0 Å². The lowest BCUT2D eigenvalue weighted by atomic mass is 9.75. The van der Waals surface area contributed by atoms with E-state index in [9.17, 15) is 9.90 Å². The highest BCUT2D eigenvalue weighted by Gasteiger charge is 2.50. The summed E-state index contributed by atoms with van der Waals surface area (Å²) in [7, 11) is 0. The largest absolute Gasteiger partial charge is 0.480 e. The van der Waals surface area contributed by atoms with Crippen molar-refractivity contribution in [2.45, 2.75) is 70.4 Å². The van der Waals surface area contributed by atoms with E-state index in [1.165, 1.54) is 19.3 Å². The van der Waals surface area contributed by atoms with Gasteiger partial charge in [0.1, 0.15) is 5.54 Å². The molecule has 0 aromatic carbocycles. The van der Waals surface area contributed by atoms with E-state index in [1.807, 2.05) is 0 Å². The first-order valence-electron chi connectivity index (χ1n) is 7.10. The second kappa shape index (κ2) is 4.97. The molecule has 0 heterocycles. The van der Waals surface area contributed by atoms with Crippen LogP contribution in [0.3, 0.4) is 0 Å². The lowest BCUT2D eigenvalue weighted by Gasteiger charge is -2.45. The molecular weight excluding hydrogens is 214 g/mol. The summed E-state index contributed by atoms with van der Waals surface area (Å²) in [5, 5.41) is 9.74. The molecule has 2 aliphatic rings. The molecule has 2 saturated carbocycles. The lowest BCUT2D eigenvalue weighted by Crippen LogP contribution is -2.58. The Balaban J connectivity index is 2.21. The zero-order valence-electron chi connectivity index (χ0n) is 11.1. The van der Waals surface area contributed by atoms with E-state index in [0.717, 1.165) is 32.2 Å². The van der Waals surface area contributed by atoms with Crippen molar-refractivity contribution in [3.05, 3.63) is 0 Å².